The van der Waals surface area contributed by atoms with Crippen LogP contribution in [-0.4, -0.2) is 51.1 Å². The van der Waals surface area contributed by atoms with Gasteiger partial charge in [-0.05, 0) is 43.2 Å². The first-order valence-corrected chi connectivity index (χ1v) is 9.07. The molecule has 0 radical (unpaired) electrons. The van der Waals surface area contributed by atoms with Gasteiger partial charge < -0.3 is 29.8 Å². The number of carbonyl (C=O) groups is 1. The number of ether oxygens (including phenoxy) is 2. The lowest BCUT2D eigenvalue weighted by Gasteiger charge is -2.22. The molecule has 0 unspecified atom stereocenters. The van der Waals surface area contributed by atoms with Crippen LogP contribution in [0.15, 0.2) is 39.7 Å². The maximum Gasteiger partial charge on any atom is 0.284 e. The van der Waals surface area contributed by atoms with E-state index < -0.39 is 5.91 Å². The Kier molecular flexibility index (Phi) is 10.4. The van der Waals surface area contributed by atoms with Gasteiger partial charge in [0.1, 0.15) is 12.3 Å². The molecule has 1 amide bonds. The van der Waals surface area contributed by atoms with E-state index in [0.717, 1.165) is 31.0 Å². The van der Waals surface area contributed by atoms with Gasteiger partial charge in [-0.2, -0.15) is 0 Å². The number of carbonyl (C=O) groups excluding carboxylic acids is 1. The Morgan fingerprint density at radius 1 is 1.21 bits per heavy atom. The minimum atomic E-state index is -0.589. The maximum atomic E-state index is 11.1. The van der Waals surface area contributed by atoms with E-state index in [-0.39, 0.29) is 29.7 Å². The fourth-order valence-corrected chi connectivity index (χ4v) is 2.66. The highest BCUT2D eigenvalue weighted by molar-refractivity contribution is 14.0. The molecule has 0 saturated heterocycles. The summed E-state index contributed by atoms with van der Waals surface area (Å²) in [4.78, 5) is 17.7. The third-order valence-corrected chi connectivity index (χ3v) is 4.17. The molecule has 0 bridgehead atoms. The molecule has 0 fully saturated rings. The van der Waals surface area contributed by atoms with E-state index in [1.165, 1.54) is 0 Å². The molecule has 0 aliphatic rings. The Balaban J connectivity index is 0.00000420. The number of nitrogens with two attached hydrogens (primary N) is 1. The van der Waals surface area contributed by atoms with Gasteiger partial charge >= 0.3 is 0 Å². The summed E-state index contributed by atoms with van der Waals surface area (Å²) in [7, 11) is 5.22. The van der Waals surface area contributed by atoms with Crippen molar-refractivity contribution in [3.63, 3.8) is 0 Å². The van der Waals surface area contributed by atoms with E-state index >= 15 is 0 Å². The van der Waals surface area contributed by atoms with Crippen molar-refractivity contribution in [2.75, 3.05) is 34.4 Å². The molecule has 1 heterocycles. The molecule has 8 nitrogen and oxygen atoms in total. The highest BCUT2D eigenvalue weighted by atomic mass is 127. The normalized spacial score (nSPS) is 10.8. The standard InChI is InChI=1S/C20H28N4O4.HI/c1-5-22-20(23-13-15-7-9-17(28-15)19(21)25)24(2)11-10-14-6-8-16(26-3)18(12-14)27-4;/h6-9,12H,5,10-11,13H2,1-4H3,(H2,21,25)(H,22,23);1H. The highest BCUT2D eigenvalue weighted by Gasteiger charge is 2.10. The molecular weight excluding hydrogens is 487 g/mol. The molecule has 0 saturated carbocycles. The van der Waals surface area contributed by atoms with Gasteiger partial charge in [-0.15, -0.1) is 24.0 Å². The Morgan fingerprint density at radius 3 is 2.52 bits per heavy atom. The van der Waals surface area contributed by atoms with E-state index in [1.807, 2.05) is 37.1 Å². The number of hydrogen-bond donors (Lipinski definition) is 2. The number of guanidine groups is 1. The largest absolute Gasteiger partial charge is 0.493 e. The highest BCUT2D eigenvalue weighted by Crippen LogP contribution is 2.27. The number of rotatable bonds is 9. The molecule has 1 aromatic carbocycles. The Labute approximate surface area is 188 Å². The van der Waals surface area contributed by atoms with Gasteiger partial charge in [0.25, 0.3) is 5.91 Å². The molecule has 9 heteroatoms. The molecule has 0 aliphatic carbocycles. The van der Waals surface area contributed by atoms with Crippen molar-refractivity contribution in [1.29, 1.82) is 0 Å². The molecule has 3 N–H and O–H groups in total. The van der Waals surface area contributed by atoms with Crippen molar-refractivity contribution >= 4 is 35.8 Å². The Bertz CT molecular complexity index is 823. The average molecular weight is 516 g/mol. The molecule has 0 spiro atoms. The van der Waals surface area contributed by atoms with Crippen LogP contribution in [0.4, 0.5) is 0 Å². The van der Waals surface area contributed by atoms with Crippen LogP contribution in [0.1, 0.15) is 28.8 Å². The number of likely N-dealkylation sites (N-methyl/N-ethyl adjacent to an activating group) is 1. The third-order valence-electron chi connectivity index (χ3n) is 4.17. The van der Waals surface area contributed by atoms with E-state index in [9.17, 15) is 4.79 Å². The van der Waals surface area contributed by atoms with E-state index in [0.29, 0.717) is 23.8 Å². The van der Waals surface area contributed by atoms with Crippen molar-refractivity contribution < 1.29 is 18.7 Å². The van der Waals surface area contributed by atoms with Gasteiger partial charge in [-0.1, -0.05) is 6.07 Å². The summed E-state index contributed by atoms with van der Waals surface area (Å²) < 4.78 is 16.0. The minimum absolute atomic E-state index is 0. The predicted octanol–water partition coefficient (Wildman–Crippen LogP) is 2.65. The summed E-state index contributed by atoms with van der Waals surface area (Å²) in [6.45, 7) is 3.82. The van der Waals surface area contributed by atoms with Crippen LogP contribution in [0.2, 0.25) is 0 Å². The lowest BCUT2D eigenvalue weighted by atomic mass is 10.1. The molecule has 0 atom stereocenters. The zero-order valence-electron chi connectivity index (χ0n) is 17.2. The van der Waals surface area contributed by atoms with Crippen molar-refractivity contribution in [3.8, 4) is 11.5 Å². The van der Waals surface area contributed by atoms with Crippen molar-refractivity contribution in [3.05, 3.63) is 47.4 Å². The first kappa shape index (κ1) is 24.6. The number of methoxy groups -OCH3 is 2. The third kappa shape index (κ3) is 7.15. The fraction of sp³-hybridized carbons (Fsp3) is 0.400. The summed E-state index contributed by atoms with van der Waals surface area (Å²) >= 11 is 0. The zero-order valence-corrected chi connectivity index (χ0v) is 19.6. The lowest BCUT2D eigenvalue weighted by Crippen LogP contribution is -2.39. The number of amides is 1. The zero-order chi connectivity index (χ0) is 20.5. The van der Waals surface area contributed by atoms with Crippen molar-refractivity contribution in [2.45, 2.75) is 19.9 Å². The first-order chi connectivity index (χ1) is 13.5. The number of aliphatic imine (C=N–C) groups is 1. The number of benzene rings is 1. The Morgan fingerprint density at radius 2 is 1.93 bits per heavy atom. The van der Waals surface area contributed by atoms with Gasteiger partial charge in [0.15, 0.2) is 23.2 Å². The first-order valence-electron chi connectivity index (χ1n) is 9.07. The number of nitrogens with zero attached hydrogens (tertiary/aromatic N) is 2. The van der Waals surface area contributed by atoms with Crippen LogP contribution in [0, 0.1) is 0 Å². The van der Waals surface area contributed by atoms with E-state index in [4.69, 9.17) is 19.6 Å². The summed E-state index contributed by atoms with van der Waals surface area (Å²) in [5.41, 5.74) is 6.34. The summed E-state index contributed by atoms with van der Waals surface area (Å²) in [5.74, 6) is 2.30. The molecular formula is C20H29IN4O4. The van der Waals surface area contributed by atoms with E-state index in [1.54, 1.807) is 26.4 Å². The van der Waals surface area contributed by atoms with Crippen LogP contribution in [0.3, 0.4) is 0 Å². The molecule has 1 aromatic heterocycles. The van der Waals surface area contributed by atoms with Crippen LogP contribution in [-0.2, 0) is 13.0 Å². The van der Waals surface area contributed by atoms with E-state index in [2.05, 4.69) is 10.3 Å². The second-order valence-corrected chi connectivity index (χ2v) is 6.16. The van der Waals surface area contributed by atoms with Crippen LogP contribution < -0.4 is 20.5 Å². The van der Waals surface area contributed by atoms with Crippen LogP contribution in [0.25, 0.3) is 0 Å². The molecule has 0 aliphatic heterocycles. The fourth-order valence-electron chi connectivity index (χ4n) is 2.66. The van der Waals surface area contributed by atoms with Gasteiger partial charge in [0, 0.05) is 20.1 Å². The predicted molar refractivity (Wildman–Crippen MR) is 123 cm³/mol. The SMILES string of the molecule is CCNC(=NCc1ccc(C(N)=O)o1)N(C)CCc1ccc(OC)c(OC)c1.I. The second kappa shape index (κ2) is 12.2. The smallest absolute Gasteiger partial charge is 0.284 e. The molecule has 29 heavy (non-hydrogen) atoms. The van der Waals surface area contributed by atoms with Crippen molar-refractivity contribution in [2.24, 2.45) is 10.7 Å². The number of halogens is 1. The van der Waals surface area contributed by atoms with Crippen LogP contribution in [0.5, 0.6) is 11.5 Å². The summed E-state index contributed by atoms with van der Waals surface area (Å²) in [6, 6.07) is 9.16. The monoisotopic (exact) mass is 516 g/mol. The van der Waals surface area contributed by atoms with Crippen LogP contribution >= 0.6 is 24.0 Å². The summed E-state index contributed by atoms with van der Waals surface area (Å²) in [6.07, 6.45) is 0.813. The quantitative estimate of drug-likeness (QED) is 0.302. The number of primary amides is 1. The average Bonchev–Trinajstić information content (AvgIpc) is 3.18. The van der Waals surface area contributed by atoms with Gasteiger partial charge in [0.2, 0.25) is 0 Å². The second-order valence-electron chi connectivity index (χ2n) is 6.16. The van der Waals surface area contributed by atoms with Crippen molar-refractivity contribution in [1.82, 2.24) is 10.2 Å². The van der Waals surface area contributed by atoms with Gasteiger partial charge in [0.05, 0.1) is 14.2 Å². The lowest BCUT2D eigenvalue weighted by molar-refractivity contribution is 0.0972. The molecule has 160 valence electrons. The summed E-state index contributed by atoms with van der Waals surface area (Å²) in [5, 5.41) is 3.26. The van der Waals surface area contributed by atoms with Gasteiger partial charge in [-0.25, -0.2) is 4.99 Å². The molecule has 2 aromatic rings. The number of hydrogen-bond acceptors (Lipinski definition) is 5. The number of furan rings is 1. The minimum Gasteiger partial charge on any atom is -0.493 e. The topological polar surface area (TPSA) is 102 Å². The Hall–Kier alpha value is -2.43. The van der Waals surface area contributed by atoms with Gasteiger partial charge in [-0.3, -0.25) is 4.79 Å². The molecule has 2 rings (SSSR count). The maximum absolute atomic E-state index is 11.1. The number of nitrogens with one attached hydrogen (secondary N) is 1.